The third-order valence-corrected chi connectivity index (χ3v) is 9.06. The first-order valence-corrected chi connectivity index (χ1v) is 15.9. The second-order valence-electron chi connectivity index (χ2n) is 11.3. The minimum Gasteiger partial charge on any atom is -0.392 e. The summed E-state index contributed by atoms with van der Waals surface area (Å²) >= 11 is 0. The first-order chi connectivity index (χ1) is 20.9. The predicted molar refractivity (Wildman–Crippen MR) is 156 cm³/mol. The zero-order valence-electron chi connectivity index (χ0n) is 24.2. The molecule has 3 aromatic rings. The first-order valence-electron chi connectivity index (χ1n) is 14.4. The molecule has 3 unspecified atom stereocenters. The molecule has 0 radical (unpaired) electrons. The number of fused-ring (bicyclic) bond motifs is 1. The topological polar surface area (TPSA) is 111 Å². The number of piperidine rings is 1. The Morgan fingerprint density at radius 3 is 2.59 bits per heavy atom. The fourth-order valence-electron chi connectivity index (χ4n) is 5.86. The number of amides is 1. The second-order valence-corrected chi connectivity index (χ2v) is 12.6. The van der Waals surface area contributed by atoms with Crippen molar-refractivity contribution in [1.29, 1.82) is 0 Å². The van der Waals surface area contributed by atoms with E-state index in [0.717, 1.165) is 43.3 Å². The van der Waals surface area contributed by atoms with E-state index < -0.39 is 53.2 Å². The molecule has 3 N–H and O–H groups in total. The normalized spacial score (nSPS) is 19.4. The van der Waals surface area contributed by atoms with Crippen molar-refractivity contribution in [1.82, 2.24) is 24.3 Å². The fraction of sp³-hybridized carbons (Fsp3) is 0.467. The van der Waals surface area contributed by atoms with E-state index in [2.05, 4.69) is 5.32 Å². The van der Waals surface area contributed by atoms with Crippen LogP contribution in [0, 0.1) is 5.82 Å². The SMILES string of the molecule is CS(=O)N1CCc2c(c(-c3ccc(C(F)(F)F)c(CNC(=O)c4ccc(F)cc4)c3)nn2CC(O)CN2CCCC(O)C2)C1. The predicted octanol–water partition coefficient (Wildman–Crippen LogP) is 3.11. The zero-order valence-corrected chi connectivity index (χ0v) is 25.0. The number of aliphatic hydroxyl groups excluding tert-OH is 2. The molecule has 2 aliphatic rings. The number of benzene rings is 2. The van der Waals surface area contributed by atoms with Crippen molar-refractivity contribution < 1.29 is 36.8 Å². The Bertz CT molecular complexity index is 1510. The van der Waals surface area contributed by atoms with Gasteiger partial charge in [-0.25, -0.2) is 12.9 Å². The second kappa shape index (κ2) is 13.4. The van der Waals surface area contributed by atoms with Crippen LogP contribution < -0.4 is 5.32 Å². The summed E-state index contributed by atoms with van der Waals surface area (Å²) in [4.78, 5) is 14.6. The summed E-state index contributed by atoms with van der Waals surface area (Å²) in [6, 6.07) is 8.30. The van der Waals surface area contributed by atoms with Crippen LogP contribution >= 0.6 is 0 Å². The van der Waals surface area contributed by atoms with Crippen molar-refractivity contribution in [3.8, 4) is 11.3 Å². The highest BCUT2D eigenvalue weighted by Crippen LogP contribution is 2.36. The maximum absolute atomic E-state index is 14.0. The van der Waals surface area contributed by atoms with Gasteiger partial charge in [0.05, 0.1) is 41.0 Å². The Balaban J connectivity index is 1.45. The van der Waals surface area contributed by atoms with Gasteiger partial charge in [-0.3, -0.25) is 14.4 Å². The highest BCUT2D eigenvalue weighted by molar-refractivity contribution is 7.81. The quantitative estimate of drug-likeness (QED) is 0.311. The molecule has 0 aliphatic carbocycles. The van der Waals surface area contributed by atoms with Gasteiger partial charge in [0.15, 0.2) is 0 Å². The lowest BCUT2D eigenvalue weighted by molar-refractivity contribution is -0.138. The van der Waals surface area contributed by atoms with Gasteiger partial charge in [0.2, 0.25) is 0 Å². The molecule has 0 saturated carbocycles. The number of hydrogen-bond acceptors (Lipinski definition) is 6. The van der Waals surface area contributed by atoms with Gasteiger partial charge in [-0.1, -0.05) is 6.07 Å². The Hall–Kier alpha value is -3.17. The molecule has 2 aliphatic heterocycles. The lowest BCUT2D eigenvalue weighted by Gasteiger charge is -2.31. The zero-order chi connectivity index (χ0) is 31.6. The first kappa shape index (κ1) is 32.2. The summed E-state index contributed by atoms with van der Waals surface area (Å²) < 4.78 is 71.0. The van der Waals surface area contributed by atoms with Gasteiger partial charge in [0.1, 0.15) is 5.82 Å². The van der Waals surface area contributed by atoms with Crippen LogP contribution in [0.5, 0.6) is 0 Å². The van der Waals surface area contributed by atoms with Gasteiger partial charge in [-0.2, -0.15) is 18.3 Å². The number of hydrogen-bond donors (Lipinski definition) is 3. The number of carbonyl (C=O) groups excluding carboxylic acids is 1. The van der Waals surface area contributed by atoms with Crippen LogP contribution in [-0.2, 0) is 43.2 Å². The van der Waals surface area contributed by atoms with E-state index in [4.69, 9.17) is 5.10 Å². The van der Waals surface area contributed by atoms with Crippen LogP contribution in [0.15, 0.2) is 42.5 Å². The summed E-state index contributed by atoms with van der Waals surface area (Å²) in [7, 11) is -1.29. The van der Waals surface area contributed by atoms with E-state index in [1.165, 1.54) is 24.3 Å². The fourth-order valence-corrected chi connectivity index (χ4v) is 6.52. The van der Waals surface area contributed by atoms with E-state index in [1.807, 2.05) is 4.90 Å². The van der Waals surface area contributed by atoms with Crippen LogP contribution in [-0.4, -0.2) is 84.0 Å². The molecule has 5 rings (SSSR count). The minimum atomic E-state index is -4.69. The molecule has 44 heavy (non-hydrogen) atoms. The maximum atomic E-state index is 14.0. The molecular formula is C30H35F4N5O4S. The van der Waals surface area contributed by atoms with E-state index in [0.29, 0.717) is 42.9 Å². The molecule has 2 aromatic carbocycles. The third kappa shape index (κ3) is 7.54. The monoisotopic (exact) mass is 637 g/mol. The van der Waals surface area contributed by atoms with Crippen molar-refractivity contribution in [2.24, 2.45) is 0 Å². The van der Waals surface area contributed by atoms with Crippen molar-refractivity contribution in [2.45, 2.75) is 57.3 Å². The van der Waals surface area contributed by atoms with Crippen molar-refractivity contribution in [3.63, 3.8) is 0 Å². The molecule has 1 fully saturated rings. The molecular weight excluding hydrogens is 602 g/mol. The number of alkyl halides is 3. The van der Waals surface area contributed by atoms with Gasteiger partial charge in [-0.15, -0.1) is 0 Å². The van der Waals surface area contributed by atoms with Gasteiger partial charge in [0.25, 0.3) is 5.91 Å². The van der Waals surface area contributed by atoms with Gasteiger partial charge >= 0.3 is 6.18 Å². The number of aromatic nitrogens is 2. The number of rotatable bonds is 9. The van der Waals surface area contributed by atoms with Gasteiger partial charge in [0, 0.05) is 67.8 Å². The Morgan fingerprint density at radius 2 is 1.91 bits per heavy atom. The Labute approximate surface area is 255 Å². The molecule has 1 amide bonds. The van der Waals surface area contributed by atoms with Gasteiger partial charge in [-0.05, 0) is 61.3 Å². The summed E-state index contributed by atoms with van der Waals surface area (Å²) in [5.41, 5.74) is 1.34. The summed E-state index contributed by atoms with van der Waals surface area (Å²) in [6.45, 7) is 2.04. The number of nitrogens with one attached hydrogen (secondary N) is 1. The summed E-state index contributed by atoms with van der Waals surface area (Å²) in [5, 5.41) is 28.2. The Morgan fingerprint density at radius 1 is 1.16 bits per heavy atom. The maximum Gasteiger partial charge on any atom is 0.416 e. The van der Waals surface area contributed by atoms with E-state index in [-0.39, 0.29) is 24.2 Å². The molecule has 0 bridgehead atoms. The summed E-state index contributed by atoms with van der Waals surface area (Å²) in [6.07, 6.45) is -2.32. The largest absolute Gasteiger partial charge is 0.416 e. The highest BCUT2D eigenvalue weighted by Gasteiger charge is 2.34. The van der Waals surface area contributed by atoms with Crippen molar-refractivity contribution in [2.75, 3.05) is 32.4 Å². The average Bonchev–Trinajstić information content (AvgIpc) is 3.32. The van der Waals surface area contributed by atoms with Crippen LogP contribution in [0.1, 0.15) is 45.6 Å². The minimum absolute atomic E-state index is 0.106. The number of nitrogens with zero attached hydrogens (tertiary/aromatic N) is 4. The van der Waals surface area contributed by atoms with E-state index in [9.17, 15) is 36.8 Å². The molecule has 3 heterocycles. The number of likely N-dealkylation sites (tertiary alicyclic amines) is 1. The lowest BCUT2D eigenvalue weighted by atomic mass is 9.97. The number of carbonyl (C=O) groups is 1. The van der Waals surface area contributed by atoms with Crippen molar-refractivity contribution >= 4 is 16.9 Å². The molecule has 1 saturated heterocycles. The molecule has 1 aromatic heterocycles. The van der Waals surface area contributed by atoms with Crippen LogP contribution in [0.2, 0.25) is 0 Å². The third-order valence-electron chi connectivity index (χ3n) is 8.03. The average molecular weight is 638 g/mol. The molecule has 9 nitrogen and oxygen atoms in total. The van der Waals surface area contributed by atoms with Gasteiger partial charge < -0.3 is 15.5 Å². The Kier molecular flexibility index (Phi) is 9.85. The molecule has 238 valence electrons. The number of halogens is 4. The molecule has 14 heteroatoms. The standard InChI is InChI=1S/C30H35F4N5O4S/c1-44(43)38-12-10-27-25(18-38)28(36-39(27)17-24(41)16-37-11-2-3-23(40)15-37)20-6-9-26(30(32,33)34)21(13-20)14-35-29(42)19-4-7-22(31)8-5-19/h4-9,13,23-24,40-41H,2-3,10-12,14-18H2,1H3,(H,35,42). The highest BCUT2D eigenvalue weighted by atomic mass is 32.2. The van der Waals surface area contributed by atoms with Crippen LogP contribution in [0.4, 0.5) is 17.6 Å². The van der Waals surface area contributed by atoms with Crippen LogP contribution in [0.3, 0.4) is 0 Å². The number of aliphatic hydroxyl groups is 2. The smallest absolute Gasteiger partial charge is 0.392 e. The molecule has 3 atom stereocenters. The summed E-state index contributed by atoms with van der Waals surface area (Å²) in [5.74, 6) is -1.19. The van der Waals surface area contributed by atoms with E-state index in [1.54, 1.807) is 15.2 Å². The van der Waals surface area contributed by atoms with Crippen LogP contribution in [0.25, 0.3) is 11.3 Å². The number of β-amino-alcohol motifs (C(OH)–C–C–N with tert-alkyl or cyclic N) is 2. The van der Waals surface area contributed by atoms with Crippen molar-refractivity contribution in [3.05, 3.63) is 76.2 Å². The lowest BCUT2D eigenvalue weighted by Crippen LogP contribution is -2.43. The molecule has 0 spiro atoms. The van der Waals surface area contributed by atoms with E-state index >= 15 is 0 Å².